The van der Waals surface area contributed by atoms with E-state index in [0.717, 1.165) is 12.0 Å². The van der Waals surface area contributed by atoms with E-state index in [2.05, 4.69) is 6.92 Å². The fourth-order valence-corrected chi connectivity index (χ4v) is 1.65. The van der Waals surface area contributed by atoms with Crippen LogP contribution in [0.1, 0.15) is 24.9 Å². The number of aliphatic hydroxyl groups excluding tert-OH is 1. The Hall–Kier alpha value is -1.14. The summed E-state index contributed by atoms with van der Waals surface area (Å²) in [6.45, 7) is 3.48. The van der Waals surface area contributed by atoms with E-state index in [0.29, 0.717) is 19.0 Å². The van der Waals surface area contributed by atoms with Crippen LogP contribution in [0.15, 0.2) is 24.3 Å². The number of methoxy groups -OCH3 is 1. The second-order valence-electron chi connectivity index (χ2n) is 4.62. The van der Waals surface area contributed by atoms with E-state index < -0.39 is 6.10 Å². The summed E-state index contributed by atoms with van der Waals surface area (Å²) in [5, 5.41) is 9.68. The van der Waals surface area contributed by atoms with E-state index in [1.165, 1.54) is 0 Å². The van der Waals surface area contributed by atoms with Gasteiger partial charge in [0.25, 0.3) is 0 Å². The minimum Gasteiger partial charge on any atom is -0.491 e. The Balaban J connectivity index is 2.27. The summed E-state index contributed by atoms with van der Waals surface area (Å²) >= 11 is 0. The van der Waals surface area contributed by atoms with Crippen molar-refractivity contribution in [1.29, 1.82) is 0 Å². The van der Waals surface area contributed by atoms with Crippen LogP contribution >= 0.6 is 0 Å². The lowest BCUT2D eigenvalue weighted by molar-refractivity contribution is -0.00419. The van der Waals surface area contributed by atoms with Gasteiger partial charge in [0.15, 0.2) is 0 Å². The Morgan fingerprint density at radius 3 is 2.45 bits per heavy atom. The molecule has 2 atom stereocenters. The first-order chi connectivity index (χ1) is 9.67. The maximum atomic E-state index is 9.68. The molecule has 2 unspecified atom stereocenters. The topological polar surface area (TPSA) is 73.9 Å². The first-order valence-electron chi connectivity index (χ1n) is 6.90. The lowest BCUT2D eigenvalue weighted by atomic mass is 10.1. The van der Waals surface area contributed by atoms with Gasteiger partial charge < -0.3 is 25.1 Å². The Labute approximate surface area is 120 Å². The number of aliphatic hydroxyl groups is 1. The summed E-state index contributed by atoms with van der Waals surface area (Å²) in [5.74, 6) is 0.716. The molecule has 0 amide bonds. The lowest BCUT2D eigenvalue weighted by Crippen LogP contribution is -2.24. The minimum absolute atomic E-state index is 0.0591. The molecule has 0 aliphatic rings. The predicted octanol–water partition coefficient (Wildman–Crippen LogP) is 1.50. The second-order valence-corrected chi connectivity index (χ2v) is 4.62. The van der Waals surface area contributed by atoms with E-state index in [1.807, 2.05) is 24.3 Å². The molecule has 1 aromatic rings. The van der Waals surface area contributed by atoms with Crippen LogP contribution in [0.4, 0.5) is 0 Å². The first-order valence-corrected chi connectivity index (χ1v) is 6.90. The molecule has 5 heteroatoms. The molecule has 0 heterocycles. The van der Waals surface area contributed by atoms with Crippen LogP contribution in [0.2, 0.25) is 0 Å². The molecule has 0 saturated heterocycles. The number of hydrogen-bond donors (Lipinski definition) is 2. The summed E-state index contributed by atoms with van der Waals surface area (Å²) in [6, 6.07) is 7.69. The van der Waals surface area contributed by atoms with E-state index in [9.17, 15) is 5.11 Å². The number of hydrogen-bond acceptors (Lipinski definition) is 5. The molecular formula is C15H25NO4. The number of benzene rings is 1. The molecule has 0 aromatic heterocycles. The average Bonchev–Trinajstić information content (AvgIpc) is 2.49. The minimum atomic E-state index is -0.649. The van der Waals surface area contributed by atoms with Crippen molar-refractivity contribution in [2.45, 2.75) is 25.5 Å². The van der Waals surface area contributed by atoms with E-state index in [4.69, 9.17) is 19.9 Å². The normalized spacial score (nSPS) is 14.0. The molecule has 1 aromatic carbocycles. The Bertz CT molecular complexity index is 355. The van der Waals surface area contributed by atoms with E-state index in [-0.39, 0.29) is 19.3 Å². The lowest BCUT2D eigenvalue weighted by Gasteiger charge is -2.14. The number of rotatable bonds is 10. The van der Waals surface area contributed by atoms with Crippen molar-refractivity contribution < 1.29 is 19.3 Å². The van der Waals surface area contributed by atoms with Crippen LogP contribution in [0.3, 0.4) is 0 Å². The van der Waals surface area contributed by atoms with Crippen LogP contribution in [0, 0.1) is 0 Å². The maximum Gasteiger partial charge on any atom is 0.119 e. The van der Waals surface area contributed by atoms with Crippen LogP contribution in [0.25, 0.3) is 0 Å². The predicted molar refractivity (Wildman–Crippen MR) is 77.9 cm³/mol. The molecule has 0 spiro atoms. The quantitative estimate of drug-likeness (QED) is 0.637. The molecule has 0 radical (unpaired) electrons. The number of ether oxygens (including phenoxy) is 3. The van der Waals surface area contributed by atoms with Crippen LogP contribution < -0.4 is 10.5 Å². The highest BCUT2D eigenvalue weighted by Gasteiger charge is 2.07. The van der Waals surface area contributed by atoms with Gasteiger partial charge in [-0.1, -0.05) is 19.1 Å². The maximum absolute atomic E-state index is 9.68. The highest BCUT2D eigenvalue weighted by Crippen LogP contribution is 2.18. The van der Waals surface area contributed by atoms with Crippen LogP contribution in [-0.4, -0.2) is 44.7 Å². The highest BCUT2D eigenvalue weighted by atomic mass is 16.5. The molecule has 0 bridgehead atoms. The third-order valence-electron chi connectivity index (χ3n) is 2.93. The standard InChI is InChI=1S/C15H25NO4/c1-3-15(16)12-4-6-14(7-5-12)20-11-13(17)10-19-9-8-18-2/h4-7,13,15,17H,3,8-11,16H2,1-2H3. The third-order valence-corrected chi connectivity index (χ3v) is 2.93. The van der Waals surface area contributed by atoms with Crippen LogP contribution in [0.5, 0.6) is 5.75 Å². The fraction of sp³-hybridized carbons (Fsp3) is 0.600. The van der Waals surface area contributed by atoms with Crippen molar-refractivity contribution in [1.82, 2.24) is 0 Å². The van der Waals surface area contributed by atoms with Crippen molar-refractivity contribution in [3.8, 4) is 5.75 Å². The van der Waals surface area contributed by atoms with E-state index >= 15 is 0 Å². The molecule has 1 rings (SSSR count). The van der Waals surface area contributed by atoms with Gasteiger partial charge in [-0.2, -0.15) is 0 Å². The second kappa shape index (κ2) is 9.72. The molecule has 20 heavy (non-hydrogen) atoms. The largest absolute Gasteiger partial charge is 0.491 e. The van der Waals surface area contributed by atoms with Gasteiger partial charge in [0.05, 0.1) is 19.8 Å². The zero-order valence-electron chi connectivity index (χ0n) is 12.2. The van der Waals surface area contributed by atoms with Crippen LogP contribution in [-0.2, 0) is 9.47 Å². The Morgan fingerprint density at radius 2 is 1.85 bits per heavy atom. The fourth-order valence-electron chi connectivity index (χ4n) is 1.65. The summed E-state index contributed by atoms with van der Waals surface area (Å²) < 4.78 is 15.6. The van der Waals surface area contributed by atoms with Crippen molar-refractivity contribution in [2.24, 2.45) is 5.73 Å². The smallest absolute Gasteiger partial charge is 0.119 e. The monoisotopic (exact) mass is 283 g/mol. The molecule has 114 valence electrons. The molecule has 0 saturated carbocycles. The van der Waals surface area contributed by atoms with Gasteiger partial charge in [-0.25, -0.2) is 0 Å². The molecule has 0 aliphatic carbocycles. The summed E-state index contributed by atoms with van der Waals surface area (Å²) in [4.78, 5) is 0. The van der Waals surface area contributed by atoms with Gasteiger partial charge in [0.2, 0.25) is 0 Å². The number of nitrogens with two attached hydrogens (primary N) is 1. The van der Waals surface area contributed by atoms with Crippen molar-refractivity contribution in [3.63, 3.8) is 0 Å². The first kappa shape index (κ1) is 16.9. The molecule has 5 nitrogen and oxygen atoms in total. The Kier molecular flexibility index (Phi) is 8.22. The van der Waals surface area contributed by atoms with Gasteiger partial charge >= 0.3 is 0 Å². The van der Waals surface area contributed by atoms with Gasteiger partial charge in [0, 0.05) is 13.2 Å². The zero-order valence-corrected chi connectivity index (χ0v) is 12.2. The Morgan fingerprint density at radius 1 is 1.15 bits per heavy atom. The molecule has 0 fully saturated rings. The summed E-state index contributed by atoms with van der Waals surface area (Å²) in [6.07, 6.45) is 0.252. The highest BCUT2D eigenvalue weighted by molar-refractivity contribution is 5.28. The van der Waals surface area contributed by atoms with Crippen molar-refractivity contribution in [3.05, 3.63) is 29.8 Å². The molecule has 3 N–H and O–H groups in total. The third kappa shape index (κ3) is 6.34. The summed E-state index contributed by atoms with van der Waals surface area (Å²) in [7, 11) is 1.61. The molecular weight excluding hydrogens is 258 g/mol. The van der Waals surface area contributed by atoms with Crippen molar-refractivity contribution in [2.75, 3.05) is 33.5 Å². The van der Waals surface area contributed by atoms with E-state index in [1.54, 1.807) is 7.11 Å². The van der Waals surface area contributed by atoms with Gasteiger partial charge in [-0.3, -0.25) is 0 Å². The SMILES string of the molecule is CCC(N)c1ccc(OCC(O)COCCOC)cc1. The average molecular weight is 283 g/mol. The van der Waals surface area contributed by atoms with Gasteiger partial charge in [-0.05, 0) is 24.1 Å². The summed E-state index contributed by atoms with van der Waals surface area (Å²) in [5.41, 5.74) is 7.02. The van der Waals surface area contributed by atoms with Gasteiger partial charge in [-0.15, -0.1) is 0 Å². The van der Waals surface area contributed by atoms with Gasteiger partial charge in [0.1, 0.15) is 18.5 Å². The molecule has 0 aliphatic heterocycles. The van der Waals surface area contributed by atoms with Crippen molar-refractivity contribution >= 4 is 0 Å². The zero-order chi connectivity index (χ0) is 14.8.